The van der Waals surface area contributed by atoms with Crippen molar-refractivity contribution in [3.05, 3.63) is 54.4 Å². The minimum Gasteiger partial charge on any atom is -0.497 e. The van der Waals surface area contributed by atoms with E-state index in [1.165, 1.54) is 18.4 Å². The van der Waals surface area contributed by atoms with Gasteiger partial charge in [-0.15, -0.1) is 0 Å². The summed E-state index contributed by atoms with van der Waals surface area (Å²) in [6.45, 7) is 3.82. The SMILES string of the molecule is CCCCCn1c([C@H]2CC(=O)N(c3cccc(OC)c3)C2)nc2ccccc21. The Bertz CT molecular complexity index is 979. The van der Waals surface area contributed by atoms with Crippen LogP contribution in [0.1, 0.15) is 44.3 Å². The van der Waals surface area contributed by atoms with Gasteiger partial charge < -0.3 is 14.2 Å². The fourth-order valence-corrected chi connectivity index (χ4v) is 4.07. The quantitative estimate of drug-likeness (QED) is 0.558. The average molecular weight is 377 g/mol. The number of hydrogen-bond acceptors (Lipinski definition) is 3. The largest absolute Gasteiger partial charge is 0.497 e. The van der Waals surface area contributed by atoms with Crippen LogP contribution >= 0.6 is 0 Å². The zero-order valence-electron chi connectivity index (χ0n) is 16.6. The van der Waals surface area contributed by atoms with Gasteiger partial charge in [0.05, 0.1) is 18.1 Å². The van der Waals surface area contributed by atoms with E-state index in [9.17, 15) is 4.79 Å². The number of hydrogen-bond donors (Lipinski definition) is 0. The van der Waals surface area contributed by atoms with Crippen LogP contribution in [0.3, 0.4) is 0 Å². The molecule has 1 fully saturated rings. The smallest absolute Gasteiger partial charge is 0.227 e. The number of methoxy groups -OCH3 is 1. The molecule has 0 bridgehead atoms. The summed E-state index contributed by atoms with van der Waals surface area (Å²) in [6, 6.07) is 16.0. The van der Waals surface area contributed by atoms with Crippen molar-refractivity contribution in [2.45, 2.75) is 45.1 Å². The summed E-state index contributed by atoms with van der Waals surface area (Å²) in [6.07, 6.45) is 4.01. The van der Waals surface area contributed by atoms with Gasteiger partial charge in [-0.05, 0) is 30.7 Å². The number of anilines is 1. The molecule has 3 aromatic rings. The molecule has 2 aromatic carbocycles. The van der Waals surface area contributed by atoms with Gasteiger partial charge in [0, 0.05) is 37.2 Å². The van der Waals surface area contributed by atoms with Gasteiger partial charge in [-0.2, -0.15) is 0 Å². The van der Waals surface area contributed by atoms with E-state index in [-0.39, 0.29) is 11.8 Å². The van der Waals surface area contributed by atoms with Crippen LogP contribution in [0.4, 0.5) is 5.69 Å². The van der Waals surface area contributed by atoms with E-state index in [1.807, 2.05) is 35.2 Å². The summed E-state index contributed by atoms with van der Waals surface area (Å²) in [5.41, 5.74) is 3.07. The first-order chi connectivity index (χ1) is 13.7. The molecule has 1 atom stereocenters. The molecule has 0 saturated carbocycles. The zero-order valence-corrected chi connectivity index (χ0v) is 16.6. The molecule has 5 heteroatoms. The summed E-state index contributed by atoms with van der Waals surface area (Å²) in [7, 11) is 1.65. The minimum absolute atomic E-state index is 0.104. The standard InChI is InChI=1S/C23H27N3O2/c1-3-4-7-13-25-21-12-6-5-11-20(21)24-23(25)17-14-22(27)26(16-17)18-9-8-10-19(15-18)28-2/h5-6,8-12,15,17H,3-4,7,13-14,16H2,1-2H3/t17-/m0/s1. The van der Waals surface area contributed by atoms with Crippen molar-refractivity contribution in [3.8, 4) is 5.75 Å². The average Bonchev–Trinajstić information content (AvgIpc) is 3.29. The Morgan fingerprint density at radius 2 is 2.00 bits per heavy atom. The summed E-state index contributed by atoms with van der Waals surface area (Å²) >= 11 is 0. The number of aromatic nitrogens is 2. The number of amides is 1. The van der Waals surface area contributed by atoms with Crippen LogP contribution in [0.2, 0.25) is 0 Å². The predicted molar refractivity (Wildman–Crippen MR) is 112 cm³/mol. The second kappa shape index (κ2) is 8.05. The number of fused-ring (bicyclic) bond motifs is 1. The molecule has 0 unspecified atom stereocenters. The number of imidazole rings is 1. The van der Waals surface area contributed by atoms with E-state index >= 15 is 0 Å². The highest BCUT2D eigenvalue weighted by atomic mass is 16.5. The summed E-state index contributed by atoms with van der Waals surface area (Å²) in [5.74, 6) is 2.05. The predicted octanol–water partition coefficient (Wildman–Crippen LogP) is 4.76. The van der Waals surface area contributed by atoms with E-state index < -0.39 is 0 Å². The van der Waals surface area contributed by atoms with E-state index in [4.69, 9.17) is 9.72 Å². The Balaban J connectivity index is 1.64. The monoisotopic (exact) mass is 377 g/mol. The molecule has 0 spiro atoms. The van der Waals surface area contributed by atoms with E-state index in [0.29, 0.717) is 13.0 Å². The Morgan fingerprint density at radius 3 is 2.82 bits per heavy atom. The number of ether oxygens (including phenoxy) is 1. The molecular formula is C23H27N3O2. The molecule has 1 amide bonds. The van der Waals surface area contributed by atoms with Gasteiger partial charge in [0.2, 0.25) is 5.91 Å². The molecule has 28 heavy (non-hydrogen) atoms. The number of carbonyl (C=O) groups excluding carboxylic acids is 1. The van der Waals surface area contributed by atoms with Crippen LogP contribution in [0, 0.1) is 0 Å². The van der Waals surface area contributed by atoms with Gasteiger partial charge in [0.25, 0.3) is 0 Å². The number of aryl methyl sites for hydroxylation is 1. The Hall–Kier alpha value is -2.82. The van der Waals surface area contributed by atoms with Crippen molar-refractivity contribution in [1.29, 1.82) is 0 Å². The number of nitrogens with zero attached hydrogens (tertiary/aromatic N) is 3. The third-order valence-corrected chi connectivity index (χ3v) is 5.52. The summed E-state index contributed by atoms with van der Waals surface area (Å²) in [5, 5.41) is 0. The van der Waals surface area contributed by atoms with Gasteiger partial charge in [-0.3, -0.25) is 4.79 Å². The number of unbranched alkanes of at least 4 members (excludes halogenated alkanes) is 2. The highest BCUT2D eigenvalue weighted by Gasteiger charge is 2.34. The number of benzene rings is 2. The molecule has 2 heterocycles. The zero-order chi connectivity index (χ0) is 19.5. The topological polar surface area (TPSA) is 47.4 Å². The molecular weight excluding hydrogens is 350 g/mol. The van der Waals surface area contributed by atoms with E-state index in [1.54, 1.807) is 7.11 Å². The van der Waals surface area contributed by atoms with Gasteiger partial charge >= 0.3 is 0 Å². The van der Waals surface area contributed by atoms with Crippen LogP contribution < -0.4 is 9.64 Å². The number of carbonyl (C=O) groups is 1. The van der Waals surface area contributed by atoms with Gasteiger partial charge in [0.1, 0.15) is 11.6 Å². The van der Waals surface area contributed by atoms with E-state index in [0.717, 1.165) is 35.7 Å². The lowest BCUT2D eigenvalue weighted by Crippen LogP contribution is -2.24. The van der Waals surface area contributed by atoms with Gasteiger partial charge in [0.15, 0.2) is 0 Å². The van der Waals surface area contributed by atoms with Crippen molar-refractivity contribution in [3.63, 3.8) is 0 Å². The van der Waals surface area contributed by atoms with Crippen LogP contribution in [-0.2, 0) is 11.3 Å². The van der Waals surface area contributed by atoms with Crippen molar-refractivity contribution in [2.75, 3.05) is 18.6 Å². The first-order valence-electron chi connectivity index (χ1n) is 10.1. The van der Waals surface area contributed by atoms with Gasteiger partial charge in [-0.25, -0.2) is 4.98 Å². The highest BCUT2D eigenvalue weighted by Crippen LogP contribution is 2.34. The fraction of sp³-hybridized carbons (Fsp3) is 0.391. The lowest BCUT2D eigenvalue weighted by Gasteiger charge is -2.18. The highest BCUT2D eigenvalue weighted by molar-refractivity contribution is 5.96. The maximum atomic E-state index is 12.8. The van der Waals surface area contributed by atoms with Crippen LogP contribution in [0.25, 0.3) is 11.0 Å². The van der Waals surface area contributed by atoms with Crippen molar-refractivity contribution < 1.29 is 9.53 Å². The number of para-hydroxylation sites is 2. The molecule has 1 aliphatic rings. The molecule has 1 saturated heterocycles. The fourth-order valence-electron chi connectivity index (χ4n) is 4.07. The normalized spacial score (nSPS) is 16.9. The molecule has 146 valence electrons. The lowest BCUT2D eigenvalue weighted by molar-refractivity contribution is -0.117. The first kappa shape index (κ1) is 18.5. The van der Waals surface area contributed by atoms with Crippen LogP contribution in [0.15, 0.2) is 48.5 Å². The molecule has 0 aliphatic carbocycles. The maximum absolute atomic E-state index is 12.8. The minimum atomic E-state index is 0.104. The first-order valence-corrected chi connectivity index (χ1v) is 10.1. The third-order valence-electron chi connectivity index (χ3n) is 5.52. The molecule has 0 N–H and O–H groups in total. The molecule has 1 aliphatic heterocycles. The Morgan fingerprint density at radius 1 is 1.14 bits per heavy atom. The second-order valence-electron chi connectivity index (χ2n) is 7.42. The molecule has 1 aromatic heterocycles. The van der Waals surface area contributed by atoms with Crippen molar-refractivity contribution in [2.24, 2.45) is 0 Å². The second-order valence-corrected chi connectivity index (χ2v) is 7.42. The third kappa shape index (κ3) is 3.49. The van der Waals surface area contributed by atoms with Crippen LogP contribution in [-0.4, -0.2) is 29.1 Å². The van der Waals surface area contributed by atoms with Gasteiger partial charge in [-0.1, -0.05) is 38.0 Å². The Kier molecular flexibility index (Phi) is 5.33. The number of rotatable bonds is 7. The Labute approximate surface area is 165 Å². The lowest BCUT2D eigenvalue weighted by atomic mass is 10.1. The van der Waals surface area contributed by atoms with Crippen LogP contribution in [0.5, 0.6) is 5.75 Å². The summed E-state index contributed by atoms with van der Waals surface area (Å²) in [4.78, 5) is 19.6. The molecule has 5 nitrogen and oxygen atoms in total. The van der Waals surface area contributed by atoms with Crippen molar-refractivity contribution in [1.82, 2.24) is 9.55 Å². The molecule has 4 rings (SSSR count). The maximum Gasteiger partial charge on any atom is 0.227 e. The molecule has 0 radical (unpaired) electrons. The summed E-state index contributed by atoms with van der Waals surface area (Å²) < 4.78 is 7.65. The van der Waals surface area contributed by atoms with E-state index in [2.05, 4.69) is 29.7 Å². The van der Waals surface area contributed by atoms with Crippen molar-refractivity contribution >= 4 is 22.6 Å².